The molecule has 1 heterocycles. The number of hydrogen-bond donors (Lipinski definition) is 2. The van der Waals surface area contributed by atoms with Crippen molar-refractivity contribution < 1.29 is 4.79 Å². The zero-order valence-corrected chi connectivity index (χ0v) is 11.1. The van der Waals surface area contributed by atoms with Gasteiger partial charge in [0.1, 0.15) is 0 Å². The Morgan fingerprint density at radius 2 is 2.05 bits per heavy atom. The summed E-state index contributed by atoms with van der Waals surface area (Å²) in [4.78, 5) is 11.7. The van der Waals surface area contributed by atoms with Gasteiger partial charge in [0.25, 0.3) is 0 Å². The molecule has 5 nitrogen and oxygen atoms in total. The Bertz CT molecular complexity index is 554. The molecule has 2 aromatic rings. The summed E-state index contributed by atoms with van der Waals surface area (Å²) >= 11 is 0. The molecule has 1 aromatic carbocycles. The first-order chi connectivity index (χ1) is 8.95. The maximum Gasteiger partial charge on any atom is 0.243 e. The number of carbonyl (C=O) groups is 1. The highest BCUT2D eigenvalue weighted by Gasteiger charge is 2.22. The van der Waals surface area contributed by atoms with Crippen LogP contribution in [0.5, 0.6) is 0 Å². The average Bonchev–Trinajstić information content (AvgIpc) is 2.76. The molecule has 0 atom stereocenters. The number of benzene rings is 1. The Morgan fingerprint density at radius 3 is 2.68 bits per heavy atom. The molecule has 0 bridgehead atoms. The van der Waals surface area contributed by atoms with Crippen molar-refractivity contribution in [2.24, 2.45) is 5.73 Å². The fourth-order valence-corrected chi connectivity index (χ4v) is 1.58. The van der Waals surface area contributed by atoms with E-state index in [2.05, 4.69) is 10.4 Å². The molecule has 0 spiro atoms. The molecule has 0 saturated heterocycles. The van der Waals surface area contributed by atoms with Gasteiger partial charge in [-0.05, 0) is 19.4 Å². The summed E-state index contributed by atoms with van der Waals surface area (Å²) in [5, 5.41) is 6.95. The molecule has 19 heavy (non-hydrogen) atoms. The molecule has 0 fully saturated rings. The van der Waals surface area contributed by atoms with Gasteiger partial charge >= 0.3 is 0 Å². The first kappa shape index (κ1) is 13.3. The second kappa shape index (κ2) is 5.24. The minimum Gasteiger partial charge on any atom is -0.322 e. The molecule has 0 aliphatic rings. The van der Waals surface area contributed by atoms with Gasteiger partial charge in [-0.15, -0.1) is 0 Å². The minimum absolute atomic E-state index is 0.230. The fraction of sp³-hybridized carbons (Fsp3) is 0.286. The molecule has 1 amide bonds. The molecular formula is C14H18N4O. The highest BCUT2D eigenvalue weighted by Crippen LogP contribution is 2.10. The third-order valence-corrected chi connectivity index (χ3v) is 2.66. The highest BCUT2D eigenvalue weighted by atomic mass is 16.2. The van der Waals surface area contributed by atoms with Crippen LogP contribution < -0.4 is 11.1 Å². The lowest BCUT2D eigenvalue weighted by Crippen LogP contribution is -2.45. The monoisotopic (exact) mass is 258 g/mol. The summed E-state index contributed by atoms with van der Waals surface area (Å²) < 4.78 is 1.77. The standard InChI is InChI=1S/C14H18N4O/c1-14(2,15)13(19)17-12-8-16-18(10-12)9-11-6-4-3-5-7-11/h3-8,10H,9,15H2,1-2H3,(H,17,19). The van der Waals surface area contributed by atoms with E-state index in [1.165, 1.54) is 0 Å². The summed E-state index contributed by atoms with van der Waals surface area (Å²) in [6.45, 7) is 4.00. The quantitative estimate of drug-likeness (QED) is 0.875. The maximum atomic E-state index is 11.7. The van der Waals surface area contributed by atoms with E-state index in [0.29, 0.717) is 12.2 Å². The second-order valence-corrected chi connectivity index (χ2v) is 5.09. The molecular weight excluding hydrogens is 240 g/mol. The first-order valence-electron chi connectivity index (χ1n) is 6.12. The number of carbonyl (C=O) groups excluding carboxylic acids is 1. The third-order valence-electron chi connectivity index (χ3n) is 2.66. The van der Waals surface area contributed by atoms with Gasteiger partial charge in [0.2, 0.25) is 5.91 Å². The van der Waals surface area contributed by atoms with Crippen LogP contribution in [0.25, 0.3) is 0 Å². The number of nitrogens with one attached hydrogen (secondary N) is 1. The van der Waals surface area contributed by atoms with Gasteiger partial charge < -0.3 is 11.1 Å². The van der Waals surface area contributed by atoms with Crippen LogP contribution in [-0.4, -0.2) is 21.2 Å². The lowest BCUT2D eigenvalue weighted by Gasteiger charge is -2.16. The molecule has 0 saturated carbocycles. The summed E-state index contributed by atoms with van der Waals surface area (Å²) in [6, 6.07) is 10.0. The smallest absolute Gasteiger partial charge is 0.243 e. The zero-order valence-electron chi connectivity index (χ0n) is 11.1. The van der Waals surface area contributed by atoms with Gasteiger partial charge in [-0.1, -0.05) is 30.3 Å². The Morgan fingerprint density at radius 1 is 1.37 bits per heavy atom. The number of hydrogen-bond acceptors (Lipinski definition) is 3. The fourth-order valence-electron chi connectivity index (χ4n) is 1.58. The van der Waals surface area contributed by atoms with E-state index in [-0.39, 0.29) is 5.91 Å². The Kier molecular flexibility index (Phi) is 3.66. The molecule has 0 aliphatic heterocycles. The van der Waals surface area contributed by atoms with E-state index in [0.717, 1.165) is 5.56 Å². The largest absolute Gasteiger partial charge is 0.322 e. The molecule has 0 radical (unpaired) electrons. The molecule has 0 aliphatic carbocycles. The lowest BCUT2D eigenvalue weighted by molar-refractivity contribution is -0.120. The van der Waals surface area contributed by atoms with Gasteiger partial charge in [-0.2, -0.15) is 5.10 Å². The number of amides is 1. The third kappa shape index (κ3) is 3.66. The number of aromatic nitrogens is 2. The van der Waals surface area contributed by atoms with E-state index >= 15 is 0 Å². The predicted octanol–water partition coefficient (Wildman–Crippen LogP) is 1.61. The van der Waals surface area contributed by atoms with Crippen molar-refractivity contribution in [3.63, 3.8) is 0 Å². The highest BCUT2D eigenvalue weighted by molar-refractivity contribution is 5.97. The normalized spacial score (nSPS) is 11.3. The van der Waals surface area contributed by atoms with Gasteiger partial charge in [0.05, 0.1) is 24.0 Å². The lowest BCUT2D eigenvalue weighted by atomic mass is 10.1. The molecule has 2 rings (SSSR count). The first-order valence-corrected chi connectivity index (χ1v) is 6.12. The van der Waals surface area contributed by atoms with Crippen LogP contribution in [0.2, 0.25) is 0 Å². The second-order valence-electron chi connectivity index (χ2n) is 5.09. The summed E-state index contributed by atoms with van der Waals surface area (Å²) in [5.74, 6) is -0.230. The maximum absolute atomic E-state index is 11.7. The summed E-state index contributed by atoms with van der Waals surface area (Å²) in [7, 11) is 0. The predicted molar refractivity (Wildman–Crippen MR) is 74.7 cm³/mol. The van der Waals surface area contributed by atoms with Crippen LogP contribution in [0.4, 0.5) is 5.69 Å². The van der Waals surface area contributed by atoms with Gasteiger partial charge in [0.15, 0.2) is 0 Å². The number of rotatable bonds is 4. The van der Waals surface area contributed by atoms with Crippen LogP contribution in [-0.2, 0) is 11.3 Å². The Labute approximate surface area is 112 Å². The summed E-state index contributed by atoms with van der Waals surface area (Å²) in [6.07, 6.45) is 3.41. The Balaban J connectivity index is 2.02. The number of nitrogens with two attached hydrogens (primary N) is 1. The van der Waals surface area contributed by atoms with Crippen LogP contribution >= 0.6 is 0 Å². The van der Waals surface area contributed by atoms with Gasteiger partial charge in [0, 0.05) is 6.20 Å². The minimum atomic E-state index is -0.901. The van der Waals surface area contributed by atoms with E-state index in [1.54, 1.807) is 30.9 Å². The molecule has 5 heteroatoms. The topological polar surface area (TPSA) is 72.9 Å². The number of nitrogens with zero attached hydrogens (tertiary/aromatic N) is 2. The van der Waals surface area contributed by atoms with Crippen molar-refractivity contribution in [3.05, 3.63) is 48.3 Å². The van der Waals surface area contributed by atoms with Crippen molar-refractivity contribution in [1.29, 1.82) is 0 Å². The zero-order chi connectivity index (χ0) is 13.9. The average molecular weight is 258 g/mol. The van der Waals surface area contributed by atoms with Crippen LogP contribution in [0.15, 0.2) is 42.7 Å². The summed E-state index contributed by atoms with van der Waals surface area (Å²) in [5.41, 5.74) is 6.62. The van der Waals surface area contributed by atoms with Crippen molar-refractivity contribution in [1.82, 2.24) is 9.78 Å². The van der Waals surface area contributed by atoms with E-state index in [1.807, 2.05) is 30.3 Å². The molecule has 100 valence electrons. The van der Waals surface area contributed by atoms with Gasteiger partial charge in [-0.3, -0.25) is 9.48 Å². The van der Waals surface area contributed by atoms with Crippen molar-refractivity contribution >= 4 is 11.6 Å². The van der Waals surface area contributed by atoms with E-state index < -0.39 is 5.54 Å². The Hall–Kier alpha value is -2.14. The van der Waals surface area contributed by atoms with E-state index in [9.17, 15) is 4.79 Å². The van der Waals surface area contributed by atoms with Crippen molar-refractivity contribution in [2.45, 2.75) is 25.9 Å². The van der Waals surface area contributed by atoms with E-state index in [4.69, 9.17) is 5.73 Å². The van der Waals surface area contributed by atoms with Crippen molar-refractivity contribution in [3.8, 4) is 0 Å². The molecule has 1 aromatic heterocycles. The van der Waals surface area contributed by atoms with Crippen molar-refractivity contribution in [2.75, 3.05) is 5.32 Å². The molecule has 3 N–H and O–H groups in total. The number of anilines is 1. The van der Waals surface area contributed by atoms with Crippen LogP contribution in [0.1, 0.15) is 19.4 Å². The van der Waals surface area contributed by atoms with Crippen LogP contribution in [0.3, 0.4) is 0 Å². The SMILES string of the molecule is CC(C)(N)C(=O)Nc1cnn(Cc2ccccc2)c1. The van der Waals surface area contributed by atoms with Crippen LogP contribution in [0, 0.1) is 0 Å². The van der Waals surface area contributed by atoms with Gasteiger partial charge in [-0.25, -0.2) is 0 Å². The molecule has 0 unspecified atom stereocenters.